The zero-order valence-corrected chi connectivity index (χ0v) is 11.3. The van der Waals surface area contributed by atoms with E-state index in [0.717, 1.165) is 0 Å². The molecular weight excluding hydrogens is 274 g/mol. The van der Waals surface area contributed by atoms with Crippen LogP contribution in [0.25, 0.3) is 0 Å². The van der Waals surface area contributed by atoms with Gasteiger partial charge >= 0.3 is 11.9 Å². The quantitative estimate of drug-likeness (QED) is 0.633. The van der Waals surface area contributed by atoms with Gasteiger partial charge in [0.05, 0.1) is 17.1 Å². The summed E-state index contributed by atoms with van der Waals surface area (Å²) in [5, 5.41) is 21.7. The van der Waals surface area contributed by atoms with Crippen molar-refractivity contribution in [1.29, 1.82) is 0 Å². The highest BCUT2D eigenvalue weighted by Gasteiger charge is 2.37. The molecule has 1 unspecified atom stereocenters. The second-order valence-corrected chi connectivity index (χ2v) is 4.59. The minimum atomic E-state index is -1.21. The van der Waals surface area contributed by atoms with Gasteiger partial charge in [-0.3, -0.25) is 4.98 Å². The molecule has 0 saturated carbocycles. The van der Waals surface area contributed by atoms with E-state index in [1.807, 2.05) is 0 Å². The number of nitrogens with one attached hydrogen (secondary N) is 1. The molecule has 0 saturated heterocycles. The van der Waals surface area contributed by atoms with Crippen LogP contribution in [0.5, 0.6) is 0 Å². The molecular formula is C14H15N3O4. The number of carboxylic acid groups (broad SMARTS) is 2. The number of rotatable bonds is 4. The summed E-state index contributed by atoms with van der Waals surface area (Å²) in [6.45, 7) is 1.56. The lowest BCUT2D eigenvalue weighted by Crippen LogP contribution is -2.34. The number of nitrogens with zero attached hydrogens (tertiary/aromatic N) is 1. The fourth-order valence-corrected chi connectivity index (χ4v) is 2.47. The highest BCUT2D eigenvalue weighted by Crippen LogP contribution is 2.37. The van der Waals surface area contributed by atoms with Crippen molar-refractivity contribution in [1.82, 2.24) is 10.3 Å². The van der Waals surface area contributed by atoms with Gasteiger partial charge in [-0.05, 0) is 18.6 Å². The summed E-state index contributed by atoms with van der Waals surface area (Å²) in [6, 6.07) is 3.28. The summed E-state index contributed by atoms with van der Waals surface area (Å²) >= 11 is 0. The number of aliphatic carboxylic acids is 2. The predicted molar refractivity (Wildman–Crippen MR) is 74.2 cm³/mol. The first kappa shape index (κ1) is 14.7. The first-order valence-corrected chi connectivity index (χ1v) is 6.24. The minimum Gasteiger partial charge on any atom is -0.478 e. The minimum absolute atomic E-state index is 0.0161. The molecule has 0 aliphatic carbocycles. The van der Waals surface area contributed by atoms with E-state index in [2.05, 4.69) is 10.3 Å². The Morgan fingerprint density at radius 3 is 2.48 bits per heavy atom. The van der Waals surface area contributed by atoms with Crippen LogP contribution in [0.2, 0.25) is 0 Å². The number of dihydropyridines is 1. The molecule has 0 amide bonds. The molecule has 5 N–H and O–H groups in total. The molecule has 1 aromatic rings. The van der Waals surface area contributed by atoms with Gasteiger partial charge in [-0.15, -0.1) is 0 Å². The average Bonchev–Trinajstić information content (AvgIpc) is 2.46. The number of aromatic nitrogens is 1. The summed E-state index contributed by atoms with van der Waals surface area (Å²) in [6.07, 6.45) is 3.00. The molecule has 2 heterocycles. The summed E-state index contributed by atoms with van der Waals surface area (Å²) in [5.41, 5.74) is 6.69. The van der Waals surface area contributed by atoms with Crippen LogP contribution in [0.4, 0.5) is 0 Å². The zero-order chi connectivity index (χ0) is 15.6. The lowest BCUT2D eigenvalue weighted by Gasteiger charge is -2.29. The highest BCUT2D eigenvalue weighted by atomic mass is 16.4. The fraction of sp³-hybridized carbons (Fsp3) is 0.214. The Kier molecular flexibility index (Phi) is 4.04. The van der Waals surface area contributed by atoms with Gasteiger partial charge in [0.1, 0.15) is 0 Å². The number of carbonyl (C=O) groups is 2. The van der Waals surface area contributed by atoms with Crippen molar-refractivity contribution < 1.29 is 19.8 Å². The van der Waals surface area contributed by atoms with Crippen LogP contribution in [-0.4, -0.2) is 33.7 Å². The summed E-state index contributed by atoms with van der Waals surface area (Å²) in [5.74, 6) is -3.29. The normalized spacial score (nSPS) is 18.5. The van der Waals surface area contributed by atoms with E-state index in [9.17, 15) is 19.8 Å². The first-order chi connectivity index (χ1) is 9.97. The van der Waals surface area contributed by atoms with Gasteiger partial charge in [0, 0.05) is 30.3 Å². The molecule has 0 spiro atoms. The van der Waals surface area contributed by atoms with Gasteiger partial charge in [-0.25, -0.2) is 9.59 Å². The number of allylic oxidation sites excluding steroid dienone is 1. The number of hydrogen-bond donors (Lipinski definition) is 4. The van der Waals surface area contributed by atoms with Crippen molar-refractivity contribution >= 4 is 11.9 Å². The van der Waals surface area contributed by atoms with E-state index in [1.54, 1.807) is 19.1 Å². The van der Waals surface area contributed by atoms with Gasteiger partial charge in [0.15, 0.2) is 0 Å². The van der Waals surface area contributed by atoms with Crippen molar-refractivity contribution in [2.75, 3.05) is 6.54 Å². The van der Waals surface area contributed by atoms with Gasteiger partial charge in [-0.1, -0.05) is 6.07 Å². The molecule has 7 heteroatoms. The third-order valence-corrected chi connectivity index (χ3v) is 3.33. The Hall–Kier alpha value is -2.67. The molecule has 0 bridgehead atoms. The zero-order valence-electron chi connectivity index (χ0n) is 11.3. The number of pyridine rings is 1. The Morgan fingerprint density at radius 1 is 1.33 bits per heavy atom. The second-order valence-electron chi connectivity index (χ2n) is 4.59. The monoisotopic (exact) mass is 289 g/mol. The van der Waals surface area contributed by atoms with E-state index in [0.29, 0.717) is 17.0 Å². The average molecular weight is 289 g/mol. The van der Waals surface area contributed by atoms with Crippen LogP contribution < -0.4 is 11.1 Å². The van der Waals surface area contributed by atoms with Crippen molar-refractivity contribution in [3.8, 4) is 0 Å². The Bertz CT molecular complexity index is 649. The third kappa shape index (κ3) is 2.63. The van der Waals surface area contributed by atoms with Gasteiger partial charge < -0.3 is 21.3 Å². The largest absolute Gasteiger partial charge is 0.478 e. The fourth-order valence-electron chi connectivity index (χ4n) is 2.47. The molecule has 1 aromatic heterocycles. The molecule has 0 aromatic carbocycles. The van der Waals surface area contributed by atoms with E-state index in [4.69, 9.17) is 5.73 Å². The maximum Gasteiger partial charge on any atom is 0.334 e. The van der Waals surface area contributed by atoms with Crippen LogP contribution >= 0.6 is 0 Å². The Balaban J connectivity index is 2.70. The standard InChI is InChI=1S/C14H15N3O4/c1-7-10(13(18)19)11(8-3-2-4-16-6-8)12(14(20)21)9(5-15)17-7/h2-4,6,11,17H,5,15H2,1H3,(H,18,19)(H,20,21). The molecule has 0 radical (unpaired) electrons. The van der Waals surface area contributed by atoms with Gasteiger partial charge in [0.25, 0.3) is 0 Å². The van der Waals surface area contributed by atoms with Gasteiger partial charge in [-0.2, -0.15) is 0 Å². The summed E-state index contributed by atoms with van der Waals surface area (Å²) in [4.78, 5) is 27.1. The van der Waals surface area contributed by atoms with E-state index in [-0.39, 0.29) is 17.7 Å². The van der Waals surface area contributed by atoms with Crippen LogP contribution in [0.15, 0.2) is 47.1 Å². The SMILES string of the molecule is CC1=C(C(=O)O)C(c2cccnc2)C(C(=O)O)=C(CN)N1. The lowest BCUT2D eigenvalue weighted by molar-refractivity contribution is -0.133. The maximum absolute atomic E-state index is 11.6. The summed E-state index contributed by atoms with van der Waals surface area (Å²) < 4.78 is 0. The third-order valence-electron chi connectivity index (χ3n) is 3.33. The van der Waals surface area contributed by atoms with Crippen LogP contribution in [0, 0.1) is 0 Å². The van der Waals surface area contributed by atoms with Crippen molar-refractivity contribution in [2.24, 2.45) is 5.73 Å². The summed E-state index contributed by atoms with van der Waals surface area (Å²) in [7, 11) is 0. The molecule has 110 valence electrons. The number of hydrogen-bond acceptors (Lipinski definition) is 5. The first-order valence-electron chi connectivity index (χ1n) is 6.24. The number of nitrogens with two attached hydrogens (primary N) is 1. The predicted octanol–water partition coefficient (Wildman–Crippen LogP) is 0.424. The molecule has 1 atom stereocenters. The molecule has 7 nitrogen and oxygen atoms in total. The van der Waals surface area contributed by atoms with E-state index in [1.165, 1.54) is 12.4 Å². The van der Waals surface area contributed by atoms with Gasteiger partial charge in [0.2, 0.25) is 0 Å². The van der Waals surface area contributed by atoms with Crippen molar-refractivity contribution in [3.05, 3.63) is 52.6 Å². The van der Waals surface area contributed by atoms with Crippen LogP contribution in [-0.2, 0) is 9.59 Å². The van der Waals surface area contributed by atoms with Crippen molar-refractivity contribution in [3.63, 3.8) is 0 Å². The Morgan fingerprint density at radius 2 is 2.00 bits per heavy atom. The van der Waals surface area contributed by atoms with Crippen LogP contribution in [0.3, 0.4) is 0 Å². The van der Waals surface area contributed by atoms with Crippen molar-refractivity contribution in [2.45, 2.75) is 12.8 Å². The van der Waals surface area contributed by atoms with E-state index >= 15 is 0 Å². The molecule has 0 fully saturated rings. The molecule has 21 heavy (non-hydrogen) atoms. The maximum atomic E-state index is 11.6. The smallest absolute Gasteiger partial charge is 0.334 e. The lowest BCUT2D eigenvalue weighted by atomic mass is 9.81. The van der Waals surface area contributed by atoms with Crippen LogP contribution in [0.1, 0.15) is 18.4 Å². The Labute approximate surface area is 120 Å². The highest BCUT2D eigenvalue weighted by molar-refractivity contribution is 5.98. The topological polar surface area (TPSA) is 126 Å². The van der Waals surface area contributed by atoms with E-state index < -0.39 is 17.9 Å². The molecule has 1 aliphatic heterocycles. The second kappa shape index (κ2) is 5.76. The number of carboxylic acids is 2. The molecule has 1 aliphatic rings. The molecule has 2 rings (SSSR count).